The van der Waals surface area contributed by atoms with E-state index in [0.717, 1.165) is 10.8 Å². The molecule has 0 saturated heterocycles. The van der Waals surface area contributed by atoms with Gasteiger partial charge in [0.05, 0.1) is 0 Å². The summed E-state index contributed by atoms with van der Waals surface area (Å²) in [5.74, 6) is 0. The van der Waals surface area contributed by atoms with Crippen molar-refractivity contribution in [2.75, 3.05) is 19.4 Å². The molecule has 0 aliphatic rings. The zero-order valence-corrected chi connectivity index (χ0v) is 9.90. The van der Waals surface area contributed by atoms with E-state index in [1.807, 2.05) is 19.0 Å². The van der Waals surface area contributed by atoms with Crippen LogP contribution in [0, 0.1) is 13.8 Å². The molecule has 0 aliphatic carbocycles. The van der Waals surface area contributed by atoms with Gasteiger partial charge < -0.3 is 10.2 Å². The van der Waals surface area contributed by atoms with Crippen molar-refractivity contribution in [3.05, 3.63) is 29.3 Å². The first kappa shape index (κ1) is 11.0. The van der Waals surface area contributed by atoms with Crippen LogP contribution in [0.4, 0.5) is 5.69 Å². The zero-order chi connectivity index (χ0) is 10.7. The number of anilines is 1. The second kappa shape index (κ2) is 4.42. The number of hydrogen-bond acceptors (Lipinski definition) is 1. The molecule has 2 nitrogen and oxygen atoms in total. The van der Waals surface area contributed by atoms with Crippen molar-refractivity contribution in [3.63, 3.8) is 0 Å². The molecule has 0 unspecified atom stereocenters. The maximum Gasteiger partial charge on any atom is 0.172 e. The molecule has 1 aromatic rings. The predicted molar refractivity (Wildman–Crippen MR) is 65.8 cm³/mol. The Kier molecular flexibility index (Phi) is 3.47. The van der Waals surface area contributed by atoms with E-state index in [1.54, 1.807) is 0 Å². The van der Waals surface area contributed by atoms with Gasteiger partial charge in [0.25, 0.3) is 0 Å². The van der Waals surface area contributed by atoms with Crippen LogP contribution in [-0.2, 0) is 0 Å². The van der Waals surface area contributed by atoms with Gasteiger partial charge in [0.2, 0.25) is 0 Å². The Morgan fingerprint density at radius 1 is 1.29 bits per heavy atom. The van der Waals surface area contributed by atoms with Gasteiger partial charge in [0.15, 0.2) is 5.11 Å². The largest absolute Gasteiger partial charge is 0.355 e. The molecule has 3 heteroatoms. The Labute approximate surface area is 90.9 Å². The SMILES string of the molecule is Cc1ccc(NC(=S)N(C)C)c(C)c1. The Morgan fingerprint density at radius 2 is 1.93 bits per heavy atom. The number of nitrogens with zero attached hydrogens (tertiary/aromatic N) is 1. The van der Waals surface area contributed by atoms with Gasteiger partial charge in [-0.15, -0.1) is 0 Å². The van der Waals surface area contributed by atoms with E-state index in [0.29, 0.717) is 0 Å². The lowest BCUT2D eigenvalue weighted by Crippen LogP contribution is -2.27. The van der Waals surface area contributed by atoms with Crippen molar-refractivity contribution in [1.82, 2.24) is 4.90 Å². The fraction of sp³-hybridized carbons (Fsp3) is 0.364. The second-order valence-corrected chi connectivity index (χ2v) is 4.03. The van der Waals surface area contributed by atoms with Gasteiger partial charge in [-0.05, 0) is 37.7 Å². The predicted octanol–water partition coefficient (Wildman–Crippen LogP) is 2.56. The highest BCUT2D eigenvalue weighted by molar-refractivity contribution is 7.80. The maximum absolute atomic E-state index is 5.17. The number of hydrogen-bond donors (Lipinski definition) is 1. The molecular weight excluding hydrogens is 192 g/mol. The summed E-state index contributed by atoms with van der Waals surface area (Å²) in [6.07, 6.45) is 0. The highest BCUT2D eigenvalue weighted by atomic mass is 32.1. The first-order chi connectivity index (χ1) is 6.50. The van der Waals surface area contributed by atoms with Crippen LogP contribution in [0.25, 0.3) is 0 Å². The quantitative estimate of drug-likeness (QED) is 0.714. The van der Waals surface area contributed by atoms with Crippen molar-refractivity contribution in [2.45, 2.75) is 13.8 Å². The van der Waals surface area contributed by atoms with Crippen LogP contribution < -0.4 is 5.32 Å². The first-order valence-electron chi connectivity index (χ1n) is 4.56. The van der Waals surface area contributed by atoms with Crippen LogP contribution in [0.2, 0.25) is 0 Å². The van der Waals surface area contributed by atoms with Crippen LogP contribution in [0.3, 0.4) is 0 Å². The van der Waals surface area contributed by atoms with E-state index in [2.05, 4.69) is 37.4 Å². The molecule has 0 bridgehead atoms. The van der Waals surface area contributed by atoms with E-state index >= 15 is 0 Å². The van der Waals surface area contributed by atoms with Crippen molar-refractivity contribution in [3.8, 4) is 0 Å². The standard InChI is InChI=1S/C11H16N2S/c1-8-5-6-10(9(2)7-8)12-11(14)13(3)4/h5-7H,1-4H3,(H,12,14). The average Bonchev–Trinajstić information content (AvgIpc) is 2.09. The van der Waals surface area contributed by atoms with Gasteiger partial charge in [-0.3, -0.25) is 0 Å². The fourth-order valence-electron chi connectivity index (χ4n) is 1.18. The zero-order valence-electron chi connectivity index (χ0n) is 9.09. The topological polar surface area (TPSA) is 15.3 Å². The van der Waals surface area contributed by atoms with Crippen molar-refractivity contribution in [2.24, 2.45) is 0 Å². The maximum atomic E-state index is 5.17. The van der Waals surface area contributed by atoms with Gasteiger partial charge in [0.1, 0.15) is 0 Å². The Morgan fingerprint density at radius 3 is 2.43 bits per heavy atom. The summed E-state index contributed by atoms with van der Waals surface area (Å²) in [4.78, 5) is 1.88. The molecule has 76 valence electrons. The third-order valence-corrected chi connectivity index (χ3v) is 2.50. The highest BCUT2D eigenvalue weighted by Gasteiger charge is 2.02. The summed E-state index contributed by atoms with van der Waals surface area (Å²) in [6.45, 7) is 4.16. The molecule has 14 heavy (non-hydrogen) atoms. The number of benzene rings is 1. The molecule has 1 aromatic carbocycles. The van der Waals surface area contributed by atoms with E-state index in [1.165, 1.54) is 11.1 Å². The van der Waals surface area contributed by atoms with Gasteiger partial charge in [-0.1, -0.05) is 17.7 Å². The molecule has 0 saturated carbocycles. The molecule has 0 radical (unpaired) electrons. The minimum absolute atomic E-state index is 0.733. The van der Waals surface area contributed by atoms with Crippen molar-refractivity contribution < 1.29 is 0 Å². The van der Waals surface area contributed by atoms with Crippen molar-refractivity contribution in [1.29, 1.82) is 0 Å². The summed E-state index contributed by atoms with van der Waals surface area (Å²) in [5, 5.41) is 3.93. The molecule has 0 heterocycles. The van der Waals surface area contributed by atoms with E-state index in [-0.39, 0.29) is 0 Å². The van der Waals surface area contributed by atoms with Crippen LogP contribution in [-0.4, -0.2) is 24.1 Å². The van der Waals surface area contributed by atoms with Crippen LogP contribution in [0.15, 0.2) is 18.2 Å². The summed E-state index contributed by atoms with van der Waals surface area (Å²) in [6, 6.07) is 6.27. The Bertz CT molecular complexity index is 345. The van der Waals surface area contributed by atoms with E-state index < -0.39 is 0 Å². The van der Waals surface area contributed by atoms with Gasteiger partial charge in [-0.25, -0.2) is 0 Å². The lowest BCUT2D eigenvalue weighted by molar-refractivity contribution is 0.634. The van der Waals surface area contributed by atoms with Gasteiger partial charge in [0, 0.05) is 19.8 Å². The third kappa shape index (κ3) is 2.70. The van der Waals surface area contributed by atoms with Crippen LogP contribution >= 0.6 is 12.2 Å². The van der Waals surface area contributed by atoms with Gasteiger partial charge in [-0.2, -0.15) is 0 Å². The molecule has 1 N–H and O–H groups in total. The summed E-state index contributed by atoms with van der Waals surface area (Å²) < 4.78 is 0. The monoisotopic (exact) mass is 208 g/mol. The molecule has 0 aliphatic heterocycles. The molecule has 0 spiro atoms. The molecule has 0 aromatic heterocycles. The highest BCUT2D eigenvalue weighted by Crippen LogP contribution is 2.16. The summed E-state index contributed by atoms with van der Waals surface area (Å²) >= 11 is 5.17. The summed E-state index contributed by atoms with van der Waals surface area (Å²) in [7, 11) is 3.86. The van der Waals surface area contributed by atoms with Crippen LogP contribution in [0.1, 0.15) is 11.1 Å². The minimum atomic E-state index is 0.733. The lowest BCUT2D eigenvalue weighted by atomic mass is 10.1. The summed E-state index contributed by atoms with van der Waals surface area (Å²) in [5.41, 5.74) is 3.56. The van der Waals surface area contributed by atoms with Crippen LogP contribution in [0.5, 0.6) is 0 Å². The molecule has 0 atom stereocenters. The number of aryl methyl sites for hydroxylation is 2. The molecular formula is C11H16N2S. The minimum Gasteiger partial charge on any atom is -0.355 e. The van der Waals surface area contributed by atoms with E-state index in [9.17, 15) is 0 Å². The normalized spacial score (nSPS) is 9.71. The second-order valence-electron chi connectivity index (χ2n) is 3.64. The fourth-order valence-corrected chi connectivity index (χ4v) is 1.29. The lowest BCUT2D eigenvalue weighted by Gasteiger charge is -2.17. The average molecular weight is 208 g/mol. The molecule has 0 amide bonds. The van der Waals surface area contributed by atoms with Gasteiger partial charge >= 0.3 is 0 Å². The number of rotatable bonds is 1. The number of nitrogens with one attached hydrogen (secondary N) is 1. The Hall–Kier alpha value is -1.09. The molecule has 1 rings (SSSR count). The first-order valence-corrected chi connectivity index (χ1v) is 4.97. The third-order valence-electron chi connectivity index (χ3n) is 2.03. The Balaban J connectivity index is 2.82. The van der Waals surface area contributed by atoms with Crippen molar-refractivity contribution >= 4 is 23.0 Å². The smallest absolute Gasteiger partial charge is 0.172 e. The number of thiocarbonyl (C=S) groups is 1. The molecule has 0 fully saturated rings. The van der Waals surface area contributed by atoms with E-state index in [4.69, 9.17) is 12.2 Å².